The second-order valence-electron chi connectivity index (χ2n) is 2.21. The van der Waals surface area contributed by atoms with E-state index < -0.39 is 0 Å². The first-order valence-electron chi connectivity index (χ1n) is 3.06. The average Bonchev–Trinajstić information content (AvgIpc) is 2.16. The SMILES string of the molecule is NCC[N+]1([O-])C=NCC1. The Hall–Kier alpha value is -0.450. The van der Waals surface area contributed by atoms with Gasteiger partial charge in [-0.1, -0.05) is 0 Å². The molecule has 0 saturated carbocycles. The van der Waals surface area contributed by atoms with Crippen molar-refractivity contribution in [3.05, 3.63) is 5.21 Å². The smallest absolute Gasteiger partial charge is 0.185 e. The lowest BCUT2D eigenvalue weighted by molar-refractivity contribution is -0.773. The molecule has 0 aromatic rings. The predicted molar refractivity (Wildman–Crippen MR) is 35.8 cm³/mol. The monoisotopic (exact) mass is 129 g/mol. The molecule has 0 fully saturated rings. The summed E-state index contributed by atoms with van der Waals surface area (Å²) in [5.74, 6) is 0. The highest BCUT2D eigenvalue weighted by Crippen LogP contribution is 2.03. The Bertz CT molecular complexity index is 125. The van der Waals surface area contributed by atoms with Gasteiger partial charge >= 0.3 is 0 Å². The Labute approximate surface area is 54.1 Å². The standard InChI is InChI=1S/C5H11N3O/c6-1-3-8(9)4-2-7-5-8/h5H,1-4,6H2. The van der Waals surface area contributed by atoms with Crippen molar-refractivity contribution in [3.63, 3.8) is 0 Å². The summed E-state index contributed by atoms with van der Waals surface area (Å²) in [6.45, 7) is 2.12. The molecule has 9 heavy (non-hydrogen) atoms. The number of nitrogens with two attached hydrogens (primary N) is 1. The third-order valence-electron chi connectivity index (χ3n) is 1.41. The summed E-state index contributed by atoms with van der Waals surface area (Å²) in [6, 6.07) is 0. The van der Waals surface area contributed by atoms with E-state index >= 15 is 0 Å². The van der Waals surface area contributed by atoms with E-state index in [1.807, 2.05) is 0 Å². The number of quaternary nitrogens is 1. The fourth-order valence-corrected chi connectivity index (χ4v) is 0.879. The van der Waals surface area contributed by atoms with Gasteiger partial charge in [0.25, 0.3) is 0 Å². The van der Waals surface area contributed by atoms with Gasteiger partial charge in [0.15, 0.2) is 6.34 Å². The maximum atomic E-state index is 11.2. The van der Waals surface area contributed by atoms with E-state index in [0.29, 0.717) is 26.2 Å². The van der Waals surface area contributed by atoms with Gasteiger partial charge in [-0.2, -0.15) is 0 Å². The van der Waals surface area contributed by atoms with Crippen LogP contribution in [0.25, 0.3) is 0 Å². The lowest BCUT2D eigenvalue weighted by Crippen LogP contribution is -2.42. The summed E-state index contributed by atoms with van der Waals surface area (Å²) in [5, 5.41) is 11.2. The van der Waals surface area contributed by atoms with Crippen LogP contribution in [0.5, 0.6) is 0 Å². The molecule has 0 bridgehead atoms. The molecular weight excluding hydrogens is 118 g/mol. The summed E-state index contributed by atoms with van der Waals surface area (Å²) < 4.78 is -0.323. The van der Waals surface area contributed by atoms with E-state index in [2.05, 4.69) is 4.99 Å². The van der Waals surface area contributed by atoms with Crippen molar-refractivity contribution in [1.29, 1.82) is 0 Å². The van der Waals surface area contributed by atoms with Crippen molar-refractivity contribution in [1.82, 2.24) is 0 Å². The average molecular weight is 129 g/mol. The summed E-state index contributed by atoms with van der Waals surface area (Å²) in [5.41, 5.74) is 5.22. The highest BCUT2D eigenvalue weighted by molar-refractivity contribution is 5.48. The van der Waals surface area contributed by atoms with Crippen LogP contribution in [0.2, 0.25) is 0 Å². The molecular formula is C5H11N3O. The van der Waals surface area contributed by atoms with E-state index in [9.17, 15) is 5.21 Å². The fourth-order valence-electron chi connectivity index (χ4n) is 0.879. The summed E-state index contributed by atoms with van der Waals surface area (Å²) in [7, 11) is 0. The number of aliphatic imine (C=N–C) groups is 1. The third-order valence-corrected chi connectivity index (χ3v) is 1.41. The third kappa shape index (κ3) is 1.48. The minimum Gasteiger partial charge on any atom is -0.627 e. The van der Waals surface area contributed by atoms with E-state index in [1.165, 1.54) is 6.34 Å². The van der Waals surface area contributed by atoms with Gasteiger partial charge < -0.3 is 15.6 Å². The van der Waals surface area contributed by atoms with Crippen LogP contribution < -0.4 is 5.73 Å². The van der Waals surface area contributed by atoms with Crippen molar-refractivity contribution in [2.75, 3.05) is 26.2 Å². The van der Waals surface area contributed by atoms with Crippen molar-refractivity contribution < 1.29 is 4.65 Å². The summed E-state index contributed by atoms with van der Waals surface area (Å²) >= 11 is 0. The molecule has 1 aliphatic rings. The van der Waals surface area contributed by atoms with Gasteiger partial charge in [0.1, 0.15) is 6.54 Å². The summed E-state index contributed by atoms with van der Waals surface area (Å²) in [6.07, 6.45) is 1.44. The van der Waals surface area contributed by atoms with Gasteiger partial charge in [-0.05, 0) is 0 Å². The number of hydrogen-bond donors (Lipinski definition) is 1. The van der Waals surface area contributed by atoms with Crippen molar-refractivity contribution in [2.24, 2.45) is 10.7 Å². The van der Waals surface area contributed by atoms with E-state index in [0.717, 1.165) is 0 Å². The molecule has 0 aliphatic carbocycles. The van der Waals surface area contributed by atoms with Crippen LogP contribution in [0.4, 0.5) is 0 Å². The predicted octanol–water partition coefficient (Wildman–Crippen LogP) is -0.698. The van der Waals surface area contributed by atoms with Crippen LogP contribution in [-0.2, 0) is 0 Å². The second kappa shape index (κ2) is 2.43. The van der Waals surface area contributed by atoms with Gasteiger partial charge in [-0.25, -0.2) is 4.99 Å². The topological polar surface area (TPSA) is 61.4 Å². The molecule has 1 atom stereocenters. The molecule has 0 radical (unpaired) electrons. The lowest BCUT2D eigenvalue weighted by Gasteiger charge is -2.33. The number of hydroxylamine groups is 3. The minimum absolute atomic E-state index is 0.323. The quantitative estimate of drug-likeness (QED) is 0.396. The van der Waals surface area contributed by atoms with E-state index in [1.54, 1.807) is 0 Å². The van der Waals surface area contributed by atoms with Crippen LogP contribution in [0.15, 0.2) is 4.99 Å². The van der Waals surface area contributed by atoms with Gasteiger partial charge in [0, 0.05) is 6.54 Å². The lowest BCUT2D eigenvalue weighted by atomic mass is 10.5. The number of hydrogen-bond acceptors (Lipinski definition) is 3. The number of nitrogens with zero attached hydrogens (tertiary/aromatic N) is 2. The Morgan fingerprint density at radius 2 is 2.56 bits per heavy atom. The van der Waals surface area contributed by atoms with E-state index in [-0.39, 0.29) is 4.65 Å². The van der Waals surface area contributed by atoms with Crippen molar-refractivity contribution in [3.8, 4) is 0 Å². The molecule has 0 spiro atoms. The van der Waals surface area contributed by atoms with Crippen molar-refractivity contribution >= 4 is 6.34 Å². The first-order chi connectivity index (χ1) is 4.27. The van der Waals surface area contributed by atoms with Crippen LogP contribution >= 0.6 is 0 Å². The van der Waals surface area contributed by atoms with Gasteiger partial charge in [-0.3, -0.25) is 0 Å². The molecule has 4 heteroatoms. The molecule has 1 rings (SSSR count). The molecule has 0 aromatic heterocycles. The Balaban J connectivity index is 2.42. The van der Waals surface area contributed by atoms with Gasteiger partial charge in [0.2, 0.25) is 0 Å². The Kier molecular flexibility index (Phi) is 1.80. The van der Waals surface area contributed by atoms with Crippen LogP contribution in [0.3, 0.4) is 0 Å². The normalized spacial score (nSPS) is 33.6. The molecule has 52 valence electrons. The molecule has 0 aromatic carbocycles. The molecule has 0 amide bonds. The number of rotatable bonds is 2. The summed E-state index contributed by atoms with van der Waals surface area (Å²) in [4.78, 5) is 3.83. The Morgan fingerprint density at radius 3 is 3.00 bits per heavy atom. The zero-order valence-corrected chi connectivity index (χ0v) is 5.29. The van der Waals surface area contributed by atoms with Crippen molar-refractivity contribution in [2.45, 2.75) is 0 Å². The first-order valence-corrected chi connectivity index (χ1v) is 3.06. The van der Waals surface area contributed by atoms with E-state index in [4.69, 9.17) is 5.73 Å². The minimum atomic E-state index is -0.323. The Morgan fingerprint density at radius 1 is 1.78 bits per heavy atom. The highest BCUT2D eigenvalue weighted by atomic mass is 16.5. The van der Waals surface area contributed by atoms with Gasteiger partial charge in [-0.15, -0.1) is 0 Å². The van der Waals surface area contributed by atoms with Crippen LogP contribution in [0.1, 0.15) is 0 Å². The van der Waals surface area contributed by atoms with Crippen LogP contribution in [-0.4, -0.2) is 37.2 Å². The fraction of sp³-hybridized carbons (Fsp3) is 0.800. The molecule has 1 aliphatic heterocycles. The maximum Gasteiger partial charge on any atom is 0.185 e. The zero-order chi connectivity index (χ0) is 6.74. The van der Waals surface area contributed by atoms with Crippen LogP contribution in [0, 0.1) is 5.21 Å². The second-order valence-corrected chi connectivity index (χ2v) is 2.21. The maximum absolute atomic E-state index is 11.2. The highest BCUT2D eigenvalue weighted by Gasteiger charge is 2.16. The molecule has 0 saturated heterocycles. The molecule has 2 N–H and O–H groups in total. The van der Waals surface area contributed by atoms with Gasteiger partial charge in [0.05, 0.1) is 13.1 Å². The molecule has 1 heterocycles. The molecule has 4 nitrogen and oxygen atoms in total. The zero-order valence-electron chi connectivity index (χ0n) is 5.29. The first kappa shape index (κ1) is 6.67. The molecule has 1 unspecified atom stereocenters. The largest absolute Gasteiger partial charge is 0.627 e.